The maximum absolute atomic E-state index is 11.8. The second-order valence-corrected chi connectivity index (χ2v) is 5.90. The van der Waals surface area contributed by atoms with Crippen LogP contribution in [0.3, 0.4) is 0 Å². The fourth-order valence-corrected chi connectivity index (χ4v) is 2.91. The second kappa shape index (κ2) is 7.63. The van der Waals surface area contributed by atoms with E-state index in [1.165, 1.54) is 0 Å². The number of carbonyl (C=O) groups is 2. The maximum Gasteiger partial charge on any atom is 0.408 e. The number of aliphatic carboxylic acids is 1. The van der Waals surface area contributed by atoms with Crippen LogP contribution in [0.2, 0.25) is 0 Å². The average Bonchev–Trinajstić information content (AvgIpc) is 3.02. The monoisotopic (exact) mass is 316 g/mol. The summed E-state index contributed by atoms with van der Waals surface area (Å²) in [5, 5.41) is 21.0. The molecule has 1 saturated carbocycles. The summed E-state index contributed by atoms with van der Waals surface area (Å²) in [5.41, 5.74) is 0.161. The third-order valence-electron chi connectivity index (χ3n) is 4.20. The molecule has 1 aromatic carbocycles. The Bertz CT molecular complexity index is 588. The second-order valence-electron chi connectivity index (χ2n) is 5.90. The highest BCUT2D eigenvalue weighted by molar-refractivity contribution is 5.80. The molecular formula is C17H20N2O4. The summed E-state index contributed by atoms with van der Waals surface area (Å²) >= 11 is 0. The van der Waals surface area contributed by atoms with E-state index >= 15 is 0 Å². The molecule has 0 saturated heterocycles. The first-order valence-electron chi connectivity index (χ1n) is 7.66. The first-order valence-corrected chi connectivity index (χ1v) is 7.66. The van der Waals surface area contributed by atoms with Gasteiger partial charge in [0.2, 0.25) is 0 Å². The van der Waals surface area contributed by atoms with E-state index in [-0.39, 0.29) is 13.0 Å². The summed E-state index contributed by atoms with van der Waals surface area (Å²) in [6.07, 6.45) is 2.50. The molecule has 1 aliphatic rings. The lowest BCUT2D eigenvalue weighted by atomic mass is 9.81. The van der Waals surface area contributed by atoms with Crippen LogP contribution in [0.25, 0.3) is 0 Å². The molecule has 23 heavy (non-hydrogen) atoms. The lowest BCUT2D eigenvalue weighted by Gasteiger charge is -2.24. The molecule has 0 spiro atoms. The third-order valence-corrected chi connectivity index (χ3v) is 4.20. The molecule has 1 aromatic rings. The minimum atomic E-state index is -1.15. The van der Waals surface area contributed by atoms with Gasteiger partial charge in [-0.3, -0.25) is 0 Å². The number of carboxylic acids is 1. The number of hydrogen-bond acceptors (Lipinski definition) is 4. The van der Waals surface area contributed by atoms with Crippen LogP contribution < -0.4 is 5.32 Å². The molecular weight excluding hydrogens is 296 g/mol. The zero-order chi connectivity index (χ0) is 16.7. The van der Waals surface area contributed by atoms with Gasteiger partial charge in [-0.1, -0.05) is 43.2 Å². The van der Waals surface area contributed by atoms with Gasteiger partial charge >= 0.3 is 12.1 Å². The Morgan fingerprint density at radius 3 is 2.52 bits per heavy atom. The fourth-order valence-electron chi connectivity index (χ4n) is 2.91. The molecule has 1 fully saturated rings. The van der Waals surface area contributed by atoms with E-state index < -0.39 is 23.5 Å². The Morgan fingerprint density at radius 1 is 1.30 bits per heavy atom. The highest BCUT2D eigenvalue weighted by Crippen LogP contribution is 2.41. The first kappa shape index (κ1) is 16.8. The molecule has 122 valence electrons. The van der Waals surface area contributed by atoms with Gasteiger partial charge in [0.05, 0.1) is 11.5 Å². The van der Waals surface area contributed by atoms with E-state index in [1.807, 2.05) is 30.3 Å². The largest absolute Gasteiger partial charge is 0.480 e. The molecule has 2 rings (SSSR count). The van der Waals surface area contributed by atoms with E-state index in [2.05, 4.69) is 11.4 Å². The van der Waals surface area contributed by atoms with Gasteiger partial charge in [-0.15, -0.1) is 0 Å². The van der Waals surface area contributed by atoms with Crippen LogP contribution in [-0.4, -0.2) is 23.2 Å². The molecule has 1 atom stereocenters. The highest BCUT2D eigenvalue weighted by Gasteiger charge is 2.39. The van der Waals surface area contributed by atoms with Crippen molar-refractivity contribution in [3.63, 3.8) is 0 Å². The Labute approximate surface area is 135 Å². The summed E-state index contributed by atoms with van der Waals surface area (Å²) in [5.74, 6) is -1.15. The molecule has 6 nitrogen and oxygen atoms in total. The van der Waals surface area contributed by atoms with Crippen molar-refractivity contribution in [1.82, 2.24) is 5.32 Å². The van der Waals surface area contributed by atoms with Gasteiger partial charge in [0.1, 0.15) is 12.6 Å². The van der Waals surface area contributed by atoms with Crippen molar-refractivity contribution in [2.45, 2.75) is 44.8 Å². The Balaban J connectivity index is 1.90. The Kier molecular flexibility index (Phi) is 5.58. The average molecular weight is 316 g/mol. The van der Waals surface area contributed by atoms with Crippen LogP contribution in [-0.2, 0) is 16.1 Å². The van der Waals surface area contributed by atoms with Crippen LogP contribution in [0.15, 0.2) is 30.3 Å². The lowest BCUT2D eigenvalue weighted by Crippen LogP contribution is -2.44. The first-order chi connectivity index (χ1) is 11.0. The van der Waals surface area contributed by atoms with Gasteiger partial charge in [-0.2, -0.15) is 5.26 Å². The molecule has 0 aromatic heterocycles. The van der Waals surface area contributed by atoms with Crippen molar-refractivity contribution in [1.29, 1.82) is 5.26 Å². The smallest absolute Gasteiger partial charge is 0.408 e. The predicted molar refractivity (Wildman–Crippen MR) is 82.3 cm³/mol. The van der Waals surface area contributed by atoms with Gasteiger partial charge in [-0.25, -0.2) is 9.59 Å². The summed E-state index contributed by atoms with van der Waals surface area (Å²) in [7, 11) is 0. The minimum Gasteiger partial charge on any atom is -0.480 e. The molecule has 0 radical (unpaired) electrons. The van der Waals surface area contributed by atoms with Crippen molar-refractivity contribution in [2.75, 3.05) is 0 Å². The minimum absolute atomic E-state index is 0.0718. The van der Waals surface area contributed by atoms with E-state index in [9.17, 15) is 20.0 Å². The van der Waals surface area contributed by atoms with Crippen LogP contribution in [0.5, 0.6) is 0 Å². The number of rotatable bonds is 6. The maximum atomic E-state index is 11.8. The van der Waals surface area contributed by atoms with Gasteiger partial charge in [-0.05, 0) is 24.8 Å². The summed E-state index contributed by atoms with van der Waals surface area (Å²) < 4.78 is 5.04. The van der Waals surface area contributed by atoms with Crippen molar-refractivity contribution in [3.8, 4) is 6.07 Å². The Morgan fingerprint density at radius 2 is 1.96 bits per heavy atom. The Hall–Kier alpha value is -2.55. The molecule has 1 unspecified atom stereocenters. The number of nitrogens with one attached hydrogen (secondary N) is 1. The standard InChI is InChI=1S/C17H20N2O4/c18-12-17(8-4-5-9-17)10-14(15(20)21)19-16(22)23-11-13-6-2-1-3-7-13/h1-3,6-7,14H,4-5,8-11H2,(H,19,22)(H,20,21). The molecule has 6 heteroatoms. The van der Waals surface area contributed by atoms with Crippen molar-refractivity contribution in [3.05, 3.63) is 35.9 Å². The summed E-state index contributed by atoms with van der Waals surface area (Å²) in [6.45, 7) is 0.0718. The number of nitriles is 1. The normalized spacial score (nSPS) is 17.0. The number of hydrogen-bond donors (Lipinski definition) is 2. The van der Waals surface area contributed by atoms with Gasteiger partial charge in [0, 0.05) is 0 Å². The zero-order valence-electron chi connectivity index (χ0n) is 12.8. The number of ether oxygens (including phenoxy) is 1. The van der Waals surface area contributed by atoms with Crippen LogP contribution >= 0.6 is 0 Å². The number of nitrogens with zero attached hydrogens (tertiary/aromatic N) is 1. The number of carbonyl (C=O) groups excluding carboxylic acids is 1. The van der Waals surface area contributed by atoms with Crippen molar-refractivity contribution >= 4 is 12.1 Å². The zero-order valence-corrected chi connectivity index (χ0v) is 12.8. The number of benzene rings is 1. The van der Waals surface area contributed by atoms with Gasteiger partial charge < -0.3 is 15.2 Å². The lowest BCUT2D eigenvalue weighted by molar-refractivity contribution is -0.140. The van der Waals surface area contributed by atoms with E-state index in [1.54, 1.807) is 0 Å². The van der Waals surface area contributed by atoms with E-state index in [0.29, 0.717) is 12.8 Å². The third kappa shape index (κ3) is 4.71. The van der Waals surface area contributed by atoms with Crippen molar-refractivity contribution < 1.29 is 19.4 Å². The molecule has 0 bridgehead atoms. The molecule has 2 N–H and O–H groups in total. The summed E-state index contributed by atoms with van der Waals surface area (Å²) in [6, 6.07) is 10.3. The van der Waals surface area contributed by atoms with Crippen LogP contribution in [0, 0.1) is 16.7 Å². The van der Waals surface area contributed by atoms with Crippen LogP contribution in [0.4, 0.5) is 4.79 Å². The molecule has 1 amide bonds. The topological polar surface area (TPSA) is 99.4 Å². The summed E-state index contributed by atoms with van der Waals surface area (Å²) in [4.78, 5) is 23.2. The fraction of sp³-hybridized carbons (Fsp3) is 0.471. The number of alkyl carbamates (subject to hydrolysis) is 1. The van der Waals surface area contributed by atoms with E-state index in [4.69, 9.17) is 4.74 Å². The SMILES string of the molecule is N#CC1(CC(NC(=O)OCc2ccccc2)C(=O)O)CCCC1. The van der Waals surface area contributed by atoms with Crippen molar-refractivity contribution in [2.24, 2.45) is 5.41 Å². The predicted octanol–water partition coefficient (Wildman–Crippen LogP) is 2.84. The highest BCUT2D eigenvalue weighted by atomic mass is 16.5. The van der Waals surface area contributed by atoms with Gasteiger partial charge in [0.15, 0.2) is 0 Å². The molecule has 0 aliphatic heterocycles. The van der Waals surface area contributed by atoms with Crippen LogP contribution in [0.1, 0.15) is 37.7 Å². The molecule has 0 heterocycles. The van der Waals surface area contributed by atoms with Gasteiger partial charge in [0.25, 0.3) is 0 Å². The quantitative estimate of drug-likeness (QED) is 0.840. The number of amides is 1. The van der Waals surface area contributed by atoms with E-state index in [0.717, 1.165) is 18.4 Å². The molecule has 1 aliphatic carbocycles. The number of carboxylic acid groups (broad SMARTS) is 1.